The molecule has 6 heteroatoms. The topological polar surface area (TPSA) is 75.4 Å². The average molecular weight is 349 g/mol. The molecule has 1 aliphatic rings. The highest BCUT2D eigenvalue weighted by Crippen LogP contribution is 2.20. The van der Waals surface area contributed by atoms with Crippen molar-refractivity contribution in [3.05, 3.63) is 59.5 Å². The van der Waals surface area contributed by atoms with Crippen LogP contribution in [0.3, 0.4) is 0 Å². The molecule has 1 fully saturated rings. The van der Waals surface area contributed by atoms with Crippen molar-refractivity contribution in [2.24, 2.45) is 0 Å². The molecule has 2 aromatic heterocycles. The summed E-state index contributed by atoms with van der Waals surface area (Å²) in [5.41, 5.74) is 3.77. The first-order valence-corrected chi connectivity index (χ1v) is 8.64. The number of amides is 2. The van der Waals surface area contributed by atoms with Crippen LogP contribution in [-0.4, -0.2) is 28.2 Å². The van der Waals surface area contributed by atoms with Crippen LogP contribution < -0.4 is 5.32 Å². The van der Waals surface area contributed by atoms with E-state index in [1.165, 1.54) is 0 Å². The molecule has 0 unspecified atom stereocenters. The van der Waals surface area contributed by atoms with E-state index < -0.39 is 0 Å². The number of carbonyl (C=O) groups is 2. The van der Waals surface area contributed by atoms with Crippen molar-refractivity contribution in [1.82, 2.24) is 9.88 Å². The zero-order valence-electron chi connectivity index (χ0n) is 14.5. The van der Waals surface area contributed by atoms with E-state index in [2.05, 4.69) is 10.3 Å². The number of hydrogen-bond donors (Lipinski definition) is 1. The van der Waals surface area contributed by atoms with E-state index in [1.807, 2.05) is 48.2 Å². The molecule has 3 heterocycles. The summed E-state index contributed by atoms with van der Waals surface area (Å²) in [7, 11) is 0. The summed E-state index contributed by atoms with van der Waals surface area (Å²) in [4.78, 5) is 30.4. The van der Waals surface area contributed by atoms with Gasteiger partial charge in [-0.15, -0.1) is 0 Å². The van der Waals surface area contributed by atoms with E-state index in [0.29, 0.717) is 29.8 Å². The van der Waals surface area contributed by atoms with Crippen molar-refractivity contribution in [2.45, 2.75) is 26.3 Å². The highest BCUT2D eigenvalue weighted by atomic mass is 16.3. The van der Waals surface area contributed by atoms with E-state index in [4.69, 9.17) is 4.42 Å². The molecule has 26 heavy (non-hydrogen) atoms. The van der Waals surface area contributed by atoms with Crippen molar-refractivity contribution < 1.29 is 14.0 Å². The largest absolute Gasteiger partial charge is 0.449 e. The molecule has 1 aliphatic heterocycles. The molecule has 0 saturated carbocycles. The summed E-state index contributed by atoms with van der Waals surface area (Å²) in [6.07, 6.45) is 1.53. The number of fused-ring (bicyclic) bond motifs is 1. The van der Waals surface area contributed by atoms with Gasteiger partial charge in [0, 0.05) is 37.0 Å². The number of rotatable bonds is 4. The standard InChI is InChI=1S/C20H19N3O3/c1-13-7-8-17-16(21-13)11-18(26-17)20(25)22-15-5-2-4-14(10-15)12-23-9-3-6-19(23)24/h2,4-5,7-8,10-11H,3,6,9,12H2,1H3,(H,22,25). The minimum Gasteiger partial charge on any atom is -0.449 e. The second-order valence-electron chi connectivity index (χ2n) is 6.52. The molecule has 0 spiro atoms. The molecule has 6 nitrogen and oxygen atoms in total. The Balaban J connectivity index is 1.49. The zero-order valence-corrected chi connectivity index (χ0v) is 14.5. The van der Waals surface area contributed by atoms with Gasteiger partial charge in [0.1, 0.15) is 5.52 Å². The highest BCUT2D eigenvalue weighted by molar-refractivity contribution is 6.04. The van der Waals surface area contributed by atoms with Gasteiger partial charge in [-0.1, -0.05) is 12.1 Å². The first kappa shape index (κ1) is 16.3. The van der Waals surface area contributed by atoms with Gasteiger partial charge in [-0.25, -0.2) is 4.98 Å². The second-order valence-corrected chi connectivity index (χ2v) is 6.52. The van der Waals surface area contributed by atoms with Gasteiger partial charge in [0.05, 0.1) is 0 Å². The molecule has 1 saturated heterocycles. The van der Waals surface area contributed by atoms with Crippen molar-refractivity contribution in [1.29, 1.82) is 0 Å². The number of anilines is 1. The first-order valence-electron chi connectivity index (χ1n) is 8.64. The van der Waals surface area contributed by atoms with E-state index >= 15 is 0 Å². The summed E-state index contributed by atoms with van der Waals surface area (Å²) in [5.74, 6) is 0.0813. The van der Waals surface area contributed by atoms with Gasteiger partial charge in [-0.2, -0.15) is 0 Å². The zero-order chi connectivity index (χ0) is 18.1. The summed E-state index contributed by atoms with van der Waals surface area (Å²) in [6, 6.07) is 12.8. The van der Waals surface area contributed by atoms with Crippen LogP contribution in [0.5, 0.6) is 0 Å². The quantitative estimate of drug-likeness (QED) is 0.782. The Morgan fingerprint density at radius 3 is 2.96 bits per heavy atom. The Morgan fingerprint density at radius 1 is 1.27 bits per heavy atom. The van der Waals surface area contributed by atoms with E-state index in [0.717, 1.165) is 24.2 Å². The highest BCUT2D eigenvalue weighted by Gasteiger charge is 2.20. The van der Waals surface area contributed by atoms with Crippen LogP contribution in [0.1, 0.15) is 34.7 Å². The van der Waals surface area contributed by atoms with E-state index in [9.17, 15) is 9.59 Å². The lowest BCUT2D eigenvalue weighted by atomic mass is 10.2. The van der Waals surface area contributed by atoms with E-state index in [-0.39, 0.29) is 17.6 Å². The molecule has 4 rings (SSSR count). The summed E-state index contributed by atoms with van der Waals surface area (Å²) in [5, 5.41) is 2.85. The Hall–Kier alpha value is -3.15. The number of hydrogen-bond acceptors (Lipinski definition) is 4. The second kappa shape index (κ2) is 6.63. The van der Waals surface area contributed by atoms with Gasteiger partial charge in [-0.05, 0) is 43.2 Å². The lowest BCUT2D eigenvalue weighted by Crippen LogP contribution is -2.23. The molecule has 0 atom stereocenters. The minimum absolute atomic E-state index is 0.185. The van der Waals surface area contributed by atoms with Crippen molar-refractivity contribution >= 4 is 28.6 Å². The van der Waals surface area contributed by atoms with Gasteiger partial charge >= 0.3 is 0 Å². The van der Waals surface area contributed by atoms with Crippen LogP contribution in [0, 0.1) is 6.92 Å². The monoisotopic (exact) mass is 349 g/mol. The maximum absolute atomic E-state index is 12.5. The Morgan fingerprint density at radius 2 is 2.15 bits per heavy atom. The molecule has 0 bridgehead atoms. The molecule has 1 N–H and O–H groups in total. The number of nitrogens with zero attached hydrogens (tertiary/aromatic N) is 2. The number of aryl methyl sites for hydroxylation is 1. The molecule has 1 aromatic carbocycles. The minimum atomic E-state index is -0.324. The lowest BCUT2D eigenvalue weighted by molar-refractivity contribution is -0.128. The van der Waals surface area contributed by atoms with Crippen LogP contribution in [0.4, 0.5) is 5.69 Å². The van der Waals surface area contributed by atoms with Crippen LogP contribution in [0.15, 0.2) is 46.9 Å². The molecular weight excluding hydrogens is 330 g/mol. The SMILES string of the molecule is Cc1ccc2oc(C(=O)Nc3cccc(CN4CCCC4=O)c3)cc2n1. The molecular formula is C20H19N3O3. The summed E-state index contributed by atoms with van der Waals surface area (Å²) < 4.78 is 5.58. The number of likely N-dealkylation sites (tertiary alicyclic amines) is 1. The van der Waals surface area contributed by atoms with Gasteiger partial charge in [0.15, 0.2) is 11.3 Å². The van der Waals surface area contributed by atoms with Gasteiger partial charge in [0.2, 0.25) is 5.91 Å². The van der Waals surface area contributed by atoms with Crippen LogP contribution in [-0.2, 0) is 11.3 Å². The third-order valence-electron chi connectivity index (χ3n) is 4.47. The number of aromatic nitrogens is 1. The fourth-order valence-electron chi connectivity index (χ4n) is 3.17. The summed E-state index contributed by atoms with van der Waals surface area (Å²) in [6.45, 7) is 3.25. The van der Waals surface area contributed by atoms with Gasteiger partial charge < -0.3 is 14.6 Å². The van der Waals surface area contributed by atoms with Crippen molar-refractivity contribution in [2.75, 3.05) is 11.9 Å². The van der Waals surface area contributed by atoms with Crippen LogP contribution >= 0.6 is 0 Å². The smallest absolute Gasteiger partial charge is 0.291 e. The molecule has 0 aliphatic carbocycles. The Labute approximate surface area is 150 Å². The Kier molecular flexibility index (Phi) is 4.16. The number of nitrogens with one attached hydrogen (secondary N) is 1. The maximum Gasteiger partial charge on any atom is 0.291 e. The van der Waals surface area contributed by atoms with Crippen LogP contribution in [0.25, 0.3) is 11.1 Å². The fraction of sp³-hybridized carbons (Fsp3) is 0.250. The maximum atomic E-state index is 12.5. The van der Waals surface area contributed by atoms with Gasteiger partial charge in [-0.3, -0.25) is 9.59 Å². The molecule has 3 aromatic rings. The number of benzene rings is 1. The third-order valence-corrected chi connectivity index (χ3v) is 4.47. The average Bonchev–Trinajstić information content (AvgIpc) is 3.21. The Bertz CT molecular complexity index is 993. The fourth-order valence-corrected chi connectivity index (χ4v) is 3.17. The van der Waals surface area contributed by atoms with Gasteiger partial charge in [0.25, 0.3) is 5.91 Å². The van der Waals surface area contributed by atoms with Crippen molar-refractivity contribution in [3.8, 4) is 0 Å². The normalized spacial score (nSPS) is 14.2. The molecule has 2 amide bonds. The number of carbonyl (C=O) groups excluding carboxylic acids is 2. The predicted octanol–water partition coefficient (Wildman–Crippen LogP) is 3.51. The number of pyridine rings is 1. The predicted molar refractivity (Wildman–Crippen MR) is 97.8 cm³/mol. The first-order chi connectivity index (χ1) is 12.6. The summed E-state index contributed by atoms with van der Waals surface area (Å²) >= 11 is 0. The lowest BCUT2D eigenvalue weighted by Gasteiger charge is -2.16. The molecule has 132 valence electrons. The third kappa shape index (κ3) is 3.31. The van der Waals surface area contributed by atoms with E-state index in [1.54, 1.807) is 6.07 Å². The number of furan rings is 1. The van der Waals surface area contributed by atoms with Crippen molar-refractivity contribution in [3.63, 3.8) is 0 Å². The van der Waals surface area contributed by atoms with Crippen LogP contribution in [0.2, 0.25) is 0 Å². The molecule has 0 radical (unpaired) electrons.